The van der Waals surface area contributed by atoms with Crippen LogP contribution in [0.15, 0.2) is 48.5 Å². The molecule has 22 heavy (non-hydrogen) atoms. The van der Waals surface area contributed by atoms with Crippen molar-refractivity contribution < 1.29 is 21.6 Å². The lowest BCUT2D eigenvalue weighted by molar-refractivity contribution is 0.0526. The van der Waals surface area contributed by atoms with Crippen LogP contribution in [0.25, 0.3) is 0 Å². The van der Waals surface area contributed by atoms with Gasteiger partial charge in [-0.15, -0.1) is 0 Å². The third-order valence-corrected chi connectivity index (χ3v) is 2.73. The Morgan fingerprint density at radius 3 is 2.45 bits per heavy atom. The van der Waals surface area contributed by atoms with E-state index in [1.165, 1.54) is 30.3 Å². The van der Waals surface area contributed by atoms with Gasteiger partial charge in [-0.05, 0) is 49.4 Å². The van der Waals surface area contributed by atoms with Gasteiger partial charge >= 0.3 is 12.0 Å². The molecule has 0 atom stereocenters. The minimum Gasteiger partial charge on any atom is -0.462 e. The Kier molecular flexibility index (Phi) is 5.08. The Labute approximate surface area is 130 Å². The summed E-state index contributed by atoms with van der Waals surface area (Å²) < 4.78 is 17.7. The molecule has 2 aromatic rings. The van der Waals surface area contributed by atoms with E-state index < -0.39 is 12.0 Å². The highest BCUT2D eigenvalue weighted by atomic mass is 19.1. The third kappa shape index (κ3) is 4.31. The van der Waals surface area contributed by atoms with Crippen LogP contribution in [-0.4, -0.2) is 18.6 Å². The molecule has 2 N–H and O–H groups in total. The van der Waals surface area contributed by atoms with E-state index in [0.29, 0.717) is 16.9 Å². The lowest BCUT2D eigenvalue weighted by Crippen LogP contribution is -2.19. The van der Waals surface area contributed by atoms with Crippen molar-refractivity contribution in [2.24, 2.45) is 0 Å². The normalized spacial score (nSPS) is 9.91. The van der Waals surface area contributed by atoms with E-state index in [2.05, 4.69) is 10.6 Å². The lowest BCUT2D eigenvalue weighted by Gasteiger charge is -2.09. The van der Waals surface area contributed by atoms with Gasteiger partial charge in [0.05, 0.1) is 12.2 Å². The molecule has 0 saturated heterocycles. The maximum Gasteiger partial charge on any atom is 0.338 e. The summed E-state index contributed by atoms with van der Waals surface area (Å²) in [6.45, 7) is 2.00. The van der Waals surface area contributed by atoms with Gasteiger partial charge in [0.25, 0.3) is 0 Å². The van der Waals surface area contributed by atoms with Crippen LogP contribution in [0.3, 0.4) is 0 Å². The van der Waals surface area contributed by atoms with Crippen molar-refractivity contribution in [1.82, 2.24) is 0 Å². The molecule has 0 heterocycles. The molecule has 0 radical (unpaired) electrons. The number of hydrogen-bond acceptors (Lipinski definition) is 3. The zero-order valence-corrected chi connectivity index (χ0v) is 11.9. The van der Waals surface area contributed by atoms with Gasteiger partial charge in [-0.1, -0.05) is 6.07 Å². The summed E-state index contributed by atoms with van der Waals surface area (Å²) >= 11 is 0. The minimum atomic E-state index is -0.493. The third-order valence-electron chi connectivity index (χ3n) is 2.73. The molecule has 0 aliphatic carbocycles. The number of nitrogens with one attached hydrogen (secondary N) is 2. The van der Waals surface area contributed by atoms with Gasteiger partial charge in [0.1, 0.15) is 5.82 Å². The van der Waals surface area contributed by atoms with E-state index in [0.717, 1.165) is 0 Å². The summed E-state index contributed by atoms with van der Waals surface area (Å²) in [5.74, 6) is -0.835. The average Bonchev–Trinajstić information content (AvgIpc) is 2.50. The van der Waals surface area contributed by atoms with Crippen molar-refractivity contribution in [1.29, 1.82) is 0 Å². The second-order valence-electron chi connectivity index (χ2n) is 4.39. The molecule has 5 nitrogen and oxygen atoms in total. The first-order valence-corrected chi connectivity index (χ1v) is 6.69. The highest BCUT2D eigenvalue weighted by molar-refractivity contribution is 6.00. The fourth-order valence-electron chi connectivity index (χ4n) is 1.77. The zero-order valence-electron chi connectivity index (χ0n) is 11.9. The SMILES string of the molecule is CCOC(=O)c1cccc(NC(=O)Nc2ccc(F)cc2)c1.[HH].[HH]. The molecule has 118 valence electrons. The summed E-state index contributed by atoms with van der Waals surface area (Å²) in [5, 5.41) is 5.15. The molecular weight excluding hydrogens is 287 g/mol. The predicted octanol–water partition coefficient (Wildman–Crippen LogP) is 4.14. The van der Waals surface area contributed by atoms with Crippen LogP contribution < -0.4 is 10.6 Å². The number of halogens is 1. The molecule has 0 bridgehead atoms. The summed E-state index contributed by atoms with van der Waals surface area (Å²) in [5.41, 5.74) is 1.26. The summed E-state index contributed by atoms with van der Waals surface area (Å²) in [6, 6.07) is 11.3. The molecule has 0 spiro atoms. The molecule has 0 unspecified atom stereocenters. The smallest absolute Gasteiger partial charge is 0.338 e. The fraction of sp³-hybridized carbons (Fsp3) is 0.125. The van der Waals surface area contributed by atoms with Gasteiger partial charge < -0.3 is 15.4 Å². The van der Waals surface area contributed by atoms with Crippen LogP contribution in [0.1, 0.15) is 20.1 Å². The van der Waals surface area contributed by atoms with E-state index in [1.807, 2.05) is 0 Å². The van der Waals surface area contributed by atoms with Crippen molar-refractivity contribution in [3.05, 3.63) is 59.9 Å². The first-order chi connectivity index (χ1) is 10.6. The molecule has 0 aromatic heterocycles. The number of ether oxygens (including phenoxy) is 1. The van der Waals surface area contributed by atoms with E-state index in [9.17, 15) is 14.0 Å². The van der Waals surface area contributed by atoms with Crippen LogP contribution in [0.2, 0.25) is 0 Å². The highest BCUT2D eigenvalue weighted by Crippen LogP contribution is 2.13. The van der Waals surface area contributed by atoms with Gasteiger partial charge in [-0.25, -0.2) is 14.0 Å². The maximum absolute atomic E-state index is 12.8. The van der Waals surface area contributed by atoms with E-state index in [1.54, 1.807) is 25.1 Å². The van der Waals surface area contributed by atoms with Crippen molar-refractivity contribution in [2.45, 2.75) is 6.92 Å². The molecule has 0 fully saturated rings. The Morgan fingerprint density at radius 1 is 1.09 bits per heavy atom. The van der Waals surface area contributed by atoms with E-state index in [4.69, 9.17) is 4.74 Å². The largest absolute Gasteiger partial charge is 0.462 e. The standard InChI is InChI=1S/C16H15FN2O3.2H2/c1-2-22-15(20)11-4-3-5-14(10-11)19-16(21)18-13-8-6-12(17)7-9-13;;/h3-10H,2H2,1H3,(H2,18,19,21);2*1H. The van der Waals surface area contributed by atoms with Gasteiger partial charge in [-0.2, -0.15) is 0 Å². The van der Waals surface area contributed by atoms with Gasteiger partial charge in [0, 0.05) is 14.2 Å². The molecule has 2 rings (SSSR count). The summed E-state index contributed by atoms with van der Waals surface area (Å²) in [4.78, 5) is 23.5. The first kappa shape index (κ1) is 15.5. The van der Waals surface area contributed by atoms with E-state index in [-0.39, 0.29) is 15.3 Å². The molecule has 0 saturated carbocycles. The number of amides is 2. The summed E-state index contributed by atoms with van der Waals surface area (Å²) in [6.07, 6.45) is 0. The Morgan fingerprint density at radius 2 is 1.77 bits per heavy atom. The van der Waals surface area contributed by atoms with Crippen molar-refractivity contribution in [3.63, 3.8) is 0 Å². The fourth-order valence-corrected chi connectivity index (χ4v) is 1.77. The second kappa shape index (κ2) is 7.21. The lowest BCUT2D eigenvalue weighted by atomic mass is 10.2. The Bertz CT molecular complexity index is 681. The van der Waals surface area contributed by atoms with Crippen LogP contribution in [-0.2, 0) is 4.74 Å². The molecule has 0 aliphatic rings. The number of urea groups is 1. The number of benzene rings is 2. The zero-order chi connectivity index (χ0) is 15.9. The number of carbonyl (C=O) groups is 2. The van der Waals surface area contributed by atoms with Crippen LogP contribution in [0.4, 0.5) is 20.6 Å². The number of rotatable bonds is 4. The summed E-state index contributed by atoms with van der Waals surface area (Å²) in [7, 11) is 0. The van der Waals surface area contributed by atoms with Crippen molar-refractivity contribution in [3.8, 4) is 0 Å². The van der Waals surface area contributed by atoms with Crippen LogP contribution in [0, 0.1) is 5.82 Å². The molecule has 0 aliphatic heterocycles. The molecule has 6 heteroatoms. The minimum absolute atomic E-state index is 0. The molecule has 2 amide bonds. The molecular formula is C16H19FN2O3. The first-order valence-electron chi connectivity index (χ1n) is 6.69. The predicted molar refractivity (Wildman–Crippen MR) is 85.7 cm³/mol. The number of hydrogen-bond donors (Lipinski definition) is 2. The second-order valence-corrected chi connectivity index (χ2v) is 4.39. The van der Waals surface area contributed by atoms with Crippen molar-refractivity contribution in [2.75, 3.05) is 17.2 Å². The molecule has 2 aromatic carbocycles. The maximum atomic E-state index is 12.8. The van der Waals surface area contributed by atoms with Crippen LogP contribution >= 0.6 is 0 Å². The highest BCUT2D eigenvalue weighted by Gasteiger charge is 2.08. The number of anilines is 2. The number of esters is 1. The number of carbonyl (C=O) groups excluding carboxylic acids is 2. The van der Waals surface area contributed by atoms with E-state index >= 15 is 0 Å². The monoisotopic (exact) mass is 306 g/mol. The Balaban J connectivity index is 0.00000264. The van der Waals surface area contributed by atoms with Crippen molar-refractivity contribution >= 4 is 23.4 Å². The van der Waals surface area contributed by atoms with Gasteiger partial charge in [0.2, 0.25) is 0 Å². The van der Waals surface area contributed by atoms with Gasteiger partial charge in [0.15, 0.2) is 0 Å². The average molecular weight is 306 g/mol. The quantitative estimate of drug-likeness (QED) is 0.834. The van der Waals surface area contributed by atoms with Crippen LogP contribution in [0.5, 0.6) is 0 Å². The van der Waals surface area contributed by atoms with Gasteiger partial charge in [-0.3, -0.25) is 0 Å². The topological polar surface area (TPSA) is 67.4 Å². The Hall–Kier alpha value is -2.89.